The Morgan fingerprint density at radius 3 is 2.64 bits per heavy atom. The summed E-state index contributed by atoms with van der Waals surface area (Å²) in [6.45, 7) is 1.63. The molecule has 14 heavy (non-hydrogen) atoms. The van der Waals surface area contributed by atoms with Crippen LogP contribution in [0.15, 0.2) is 12.2 Å². The number of hydrogen-bond acceptors (Lipinski definition) is 2. The summed E-state index contributed by atoms with van der Waals surface area (Å²) in [7, 11) is 0. The minimum absolute atomic E-state index is 0.114. The second kappa shape index (κ2) is 3.31. The average molecular weight is 200 g/mol. The Balaban J connectivity index is 2.04. The number of rotatable bonds is 3. The first-order chi connectivity index (χ1) is 6.49. The largest absolute Gasteiger partial charge is 0.390 e. The molecule has 1 fully saturated rings. The van der Waals surface area contributed by atoms with E-state index in [0.29, 0.717) is 11.8 Å². The third-order valence-corrected chi connectivity index (χ3v) is 3.66. The minimum atomic E-state index is -1.91. The van der Waals surface area contributed by atoms with Crippen LogP contribution in [0.2, 0.25) is 0 Å². The lowest BCUT2D eigenvalue weighted by atomic mass is 9.78. The second-order valence-electron chi connectivity index (χ2n) is 4.88. The second-order valence-corrected chi connectivity index (χ2v) is 4.88. The van der Waals surface area contributed by atoms with Crippen molar-refractivity contribution in [1.82, 2.24) is 0 Å². The van der Waals surface area contributed by atoms with E-state index in [1.807, 2.05) is 0 Å². The molecule has 0 aromatic carbocycles. The van der Waals surface area contributed by atoms with E-state index in [2.05, 4.69) is 12.2 Å². The summed E-state index contributed by atoms with van der Waals surface area (Å²) in [6, 6.07) is 0. The molecule has 1 saturated carbocycles. The molecule has 5 unspecified atom stereocenters. The van der Waals surface area contributed by atoms with E-state index in [0.717, 1.165) is 12.8 Å². The summed E-state index contributed by atoms with van der Waals surface area (Å²) in [5.41, 5.74) is -1.07. The van der Waals surface area contributed by atoms with Crippen molar-refractivity contribution in [2.75, 3.05) is 0 Å². The molecule has 2 aliphatic rings. The Hall–Kier alpha value is -0.410. The van der Waals surface area contributed by atoms with Gasteiger partial charge in [-0.1, -0.05) is 12.2 Å². The van der Waals surface area contributed by atoms with Crippen molar-refractivity contribution in [1.29, 1.82) is 0 Å². The van der Waals surface area contributed by atoms with E-state index in [4.69, 9.17) is 5.11 Å². The Bertz CT molecular complexity index is 248. The van der Waals surface area contributed by atoms with Gasteiger partial charge < -0.3 is 10.2 Å². The molecule has 0 spiro atoms. The maximum absolute atomic E-state index is 12.5. The fourth-order valence-electron chi connectivity index (χ4n) is 2.99. The zero-order valence-electron chi connectivity index (χ0n) is 8.36. The van der Waals surface area contributed by atoms with Gasteiger partial charge in [-0.15, -0.1) is 0 Å². The minimum Gasteiger partial charge on any atom is -0.390 e. The number of hydrogen-bond donors (Lipinski definition) is 2. The molecular formula is C11H17FO2. The average Bonchev–Trinajstić information content (AvgIpc) is 2.60. The van der Waals surface area contributed by atoms with Crippen LogP contribution in [-0.4, -0.2) is 22.2 Å². The Labute approximate surface area is 83.4 Å². The standard InChI is InChI=1S/C11H17FO2/c1-11(14,6-10(12)13)9-5-7-2-3-8(9)4-7/h2-3,7-10,13-14H,4-6H2,1H3. The highest BCUT2D eigenvalue weighted by molar-refractivity contribution is 5.13. The highest BCUT2D eigenvalue weighted by Crippen LogP contribution is 2.49. The number of aliphatic hydroxyl groups is 2. The van der Waals surface area contributed by atoms with E-state index < -0.39 is 12.0 Å². The van der Waals surface area contributed by atoms with Gasteiger partial charge in [0.25, 0.3) is 0 Å². The van der Waals surface area contributed by atoms with Crippen molar-refractivity contribution in [3.63, 3.8) is 0 Å². The van der Waals surface area contributed by atoms with Gasteiger partial charge in [0, 0.05) is 6.42 Å². The molecule has 0 amide bonds. The molecule has 2 aliphatic carbocycles. The number of halogens is 1. The van der Waals surface area contributed by atoms with Crippen LogP contribution in [0.25, 0.3) is 0 Å². The fraction of sp³-hybridized carbons (Fsp3) is 0.818. The highest BCUT2D eigenvalue weighted by Gasteiger charge is 2.45. The third kappa shape index (κ3) is 1.71. The summed E-state index contributed by atoms with van der Waals surface area (Å²) in [5, 5.41) is 18.7. The van der Waals surface area contributed by atoms with Gasteiger partial charge in [0.1, 0.15) is 0 Å². The van der Waals surface area contributed by atoms with Crippen LogP contribution in [0.3, 0.4) is 0 Å². The normalized spacial score (nSPS) is 41.3. The third-order valence-electron chi connectivity index (χ3n) is 3.66. The van der Waals surface area contributed by atoms with Crippen molar-refractivity contribution in [3.05, 3.63) is 12.2 Å². The van der Waals surface area contributed by atoms with Crippen LogP contribution in [-0.2, 0) is 0 Å². The van der Waals surface area contributed by atoms with E-state index in [1.54, 1.807) is 6.92 Å². The molecule has 3 heteroatoms. The van der Waals surface area contributed by atoms with Gasteiger partial charge in [-0.05, 0) is 37.5 Å². The van der Waals surface area contributed by atoms with E-state index in [9.17, 15) is 9.50 Å². The van der Waals surface area contributed by atoms with Gasteiger partial charge in [0.15, 0.2) is 6.36 Å². The molecule has 5 atom stereocenters. The van der Waals surface area contributed by atoms with Gasteiger partial charge in [0.05, 0.1) is 5.60 Å². The number of aliphatic hydroxyl groups excluding tert-OH is 1. The zero-order chi connectivity index (χ0) is 10.3. The fourth-order valence-corrected chi connectivity index (χ4v) is 2.99. The van der Waals surface area contributed by atoms with Crippen molar-refractivity contribution in [3.8, 4) is 0 Å². The SMILES string of the molecule is CC(O)(CC(O)F)C1CC2C=CC1C2. The summed E-state index contributed by atoms with van der Waals surface area (Å²) in [6.07, 6.45) is 4.24. The van der Waals surface area contributed by atoms with E-state index in [1.165, 1.54) is 0 Å². The molecule has 80 valence electrons. The van der Waals surface area contributed by atoms with Gasteiger partial charge in [0.2, 0.25) is 0 Å². The van der Waals surface area contributed by atoms with Gasteiger partial charge in [-0.25, -0.2) is 4.39 Å². The molecule has 2 rings (SSSR count). The van der Waals surface area contributed by atoms with Crippen LogP contribution >= 0.6 is 0 Å². The smallest absolute Gasteiger partial charge is 0.199 e. The number of fused-ring (bicyclic) bond motifs is 2. The molecule has 2 bridgehead atoms. The topological polar surface area (TPSA) is 40.5 Å². The molecule has 0 heterocycles. The predicted octanol–water partition coefficient (Wildman–Crippen LogP) is 1.63. The molecule has 0 aromatic rings. The molecule has 0 saturated heterocycles. The van der Waals surface area contributed by atoms with Crippen molar-refractivity contribution < 1.29 is 14.6 Å². The van der Waals surface area contributed by atoms with Crippen molar-refractivity contribution >= 4 is 0 Å². The first kappa shape index (κ1) is 10.1. The van der Waals surface area contributed by atoms with Crippen molar-refractivity contribution in [2.45, 2.75) is 38.1 Å². The molecule has 2 N–H and O–H groups in total. The lowest BCUT2D eigenvalue weighted by Crippen LogP contribution is -2.39. The zero-order valence-corrected chi connectivity index (χ0v) is 8.36. The Morgan fingerprint density at radius 2 is 2.21 bits per heavy atom. The lowest BCUT2D eigenvalue weighted by molar-refractivity contribution is -0.0838. The van der Waals surface area contributed by atoms with Crippen LogP contribution in [0.1, 0.15) is 26.2 Å². The first-order valence-electron chi connectivity index (χ1n) is 5.22. The Morgan fingerprint density at radius 1 is 1.50 bits per heavy atom. The summed E-state index contributed by atoms with van der Waals surface area (Å²) in [4.78, 5) is 0. The molecule has 0 aromatic heterocycles. The monoisotopic (exact) mass is 200 g/mol. The van der Waals surface area contributed by atoms with Gasteiger partial charge in [-0.3, -0.25) is 0 Å². The lowest BCUT2D eigenvalue weighted by Gasteiger charge is -2.34. The molecule has 0 radical (unpaired) electrons. The summed E-state index contributed by atoms with van der Waals surface area (Å²) >= 11 is 0. The van der Waals surface area contributed by atoms with Crippen molar-refractivity contribution in [2.24, 2.45) is 17.8 Å². The first-order valence-corrected chi connectivity index (χ1v) is 5.22. The maximum Gasteiger partial charge on any atom is 0.199 e. The molecular weight excluding hydrogens is 183 g/mol. The number of alkyl halides is 1. The van der Waals surface area contributed by atoms with E-state index >= 15 is 0 Å². The van der Waals surface area contributed by atoms with Crippen LogP contribution in [0.4, 0.5) is 4.39 Å². The summed E-state index contributed by atoms with van der Waals surface area (Å²) < 4.78 is 12.5. The van der Waals surface area contributed by atoms with Crippen LogP contribution in [0, 0.1) is 17.8 Å². The summed E-state index contributed by atoms with van der Waals surface area (Å²) in [5.74, 6) is 1.06. The Kier molecular flexibility index (Phi) is 2.40. The molecule has 2 nitrogen and oxygen atoms in total. The van der Waals surface area contributed by atoms with Crippen LogP contribution in [0.5, 0.6) is 0 Å². The predicted molar refractivity (Wildman–Crippen MR) is 51.2 cm³/mol. The van der Waals surface area contributed by atoms with E-state index in [-0.39, 0.29) is 12.3 Å². The highest BCUT2D eigenvalue weighted by atomic mass is 19.1. The van der Waals surface area contributed by atoms with Crippen LogP contribution < -0.4 is 0 Å². The number of allylic oxidation sites excluding steroid dienone is 2. The molecule has 0 aliphatic heterocycles. The quantitative estimate of drug-likeness (QED) is 0.680. The van der Waals surface area contributed by atoms with Gasteiger partial charge >= 0.3 is 0 Å². The maximum atomic E-state index is 12.5. The van der Waals surface area contributed by atoms with Gasteiger partial charge in [-0.2, -0.15) is 0 Å².